The number of benzene rings is 1. The third-order valence-electron chi connectivity index (χ3n) is 1.39. The van der Waals surface area contributed by atoms with E-state index in [9.17, 15) is 5.11 Å². The van der Waals surface area contributed by atoms with Crippen molar-refractivity contribution in [2.75, 3.05) is 7.11 Å². The number of phenolic OH excluding ortho intramolecular Hbond substituents is 1. The van der Waals surface area contributed by atoms with Gasteiger partial charge in [-0.2, -0.15) is 0 Å². The monoisotopic (exact) mass is 202 g/mol. The fourth-order valence-electron chi connectivity index (χ4n) is 0.858. The molecule has 0 amide bonds. The molecule has 0 aliphatic rings. The molecule has 13 heavy (non-hydrogen) atoms. The van der Waals surface area contributed by atoms with Crippen LogP contribution >= 0.6 is 11.6 Å². The van der Waals surface area contributed by atoms with Gasteiger partial charge >= 0.3 is 0 Å². The molecule has 0 radical (unpaired) electrons. The van der Waals surface area contributed by atoms with Gasteiger partial charge in [-0.25, -0.2) is 0 Å². The van der Waals surface area contributed by atoms with Crippen molar-refractivity contribution in [3.63, 3.8) is 0 Å². The Morgan fingerprint density at radius 2 is 1.85 bits per heavy atom. The maximum Gasteiger partial charge on any atom is 0.176 e. The number of halogens is 1. The first kappa shape index (κ1) is 12.1. The van der Waals surface area contributed by atoms with Gasteiger partial charge in [0, 0.05) is 0 Å². The van der Waals surface area contributed by atoms with Crippen molar-refractivity contribution in [3.8, 4) is 11.5 Å². The molecule has 0 aliphatic carbocycles. The van der Waals surface area contributed by atoms with Crippen LogP contribution in [0.4, 0.5) is 0 Å². The fraction of sp³-hybridized carbons (Fsp3) is 0.400. The Morgan fingerprint density at radius 3 is 2.31 bits per heavy atom. The lowest BCUT2D eigenvalue weighted by atomic mass is 10.2. The molecule has 0 aromatic heterocycles. The normalized spacial score (nSPS) is 8.69. The number of ether oxygens (including phenoxy) is 1. The quantitative estimate of drug-likeness (QED) is 0.757. The van der Waals surface area contributed by atoms with Crippen LogP contribution < -0.4 is 4.74 Å². The summed E-state index contributed by atoms with van der Waals surface area (Å²) in [6.07, 6.45) is 0. The lowest BCUT2D eigenvalue weighted by Gasteiger charge is -2.05. The summed E-state index contributed by atoms with van der Waals surface area (Å²) < 4.78 is 4.87. The average Bonchev–Trinajstić information content (AvgIpc) is 2.14. The van der Waals surface area contributed by atoms with Crippen LogP contribution in [0.2, 0.25) is 5.02 Å². The van der Waals surface area contributed by atoms with Gasteiger partial charge in [0.15, 0.2) is 11.5 Å². The molecule has 0 atom stereocenters. The third-order valence-corrected chi connectivity index (χ3v) is 1.68. The zero-order valence-electron chi connectivity index (χ0n) is 8.39. The fourth-order valence-corrected chi connectivity index (χ4v) is 1.12. The summed E-state index contributed by atoms with van der Waals surface area (Å²) in [6, 6.07) is 3.40. The second-order valence-corrected chi connectivity index (χ2v) is 2.70. The molecule has 0 saturated carbocycles. The highest BCUT2D eigenvalue weighted by Crippen LogP contribution is 2.34. The van der Waals surface area contributed by atoms with Crippen molar-refractivity contribution >= 4 is 11.6 Å². The highest BCUT2D eigenvalue weighted by Gasteiger charge is 2.05. The second kappa shape index (κ2) is 5.70. The van der Waals surface area contributed by atoms with E-state index in [4.69, 9.17) is 16.3 Å². The van der Waals surface area contributed by atoms with Crippen LogP contribution in [-0.4, -0.2) is 12.2 Å². The van der Waals surface area contributed by atoms with E-state index in [2.05, 4.69) is 0 Å². The largest absolute Gasteiger partial charge is 0.503 e. The maximum absolute atomic E-state index is 9.27. The number of aromatic hydroxyl groups is 1. The van der Waals surface area contributed by atoms with Crippen LogP contribution in [-0.2, 0) is 0 Å². The summed E-state index contributed by atoms with van der Waals surface area (Å²) in [5.41, 5.74) is 0.963. The lowest BCUT2D eigenvalue weighted by Crippen LogP contribution is -1.85. The van der Waals surface area contributed by atoms with E-state index in [-0.39, 0.29) is 5.75 Å². The van der Waals surface area contributed by atoms with Gasteiger partial charge in [-0.3, -0.25) is 0 Å². The van der Waals surface area contributed by atoms with Crippen molar-refractivity contribution in [2.45, 2.75) is 20.8 Å². The van der Waals surface area contributed by atoms with E-state index in [1.54, 1.807) is 12.1 Å². The molecule has 0 spiro atoms. The predicted octanol–water partition coefficient (Wildman–Crippen LogP) is 3.39. The molecule has 0 unspecified atom stereocenters. The van der Waals surface area contributed by atoms with E-state index in [1.165, 1.54) is 7.11 Å². The Hall–Kier alpha value is -0.890. The van der Waals surface area contributed by atoms with Crippen LogP contribution in [0, 0.1) is 6.92 Å². The Balaban J connectivity index is 0.000000671. The Kier molecular flexibility index (Phi) is 5.31. The topological polar surface area (TPSA) is 29.5 Å². The average molecular weight is 203 g/mol. The van der Waals surface area contributed by atoms with E-state index in [0.717, 1.165) is 5.56 Å². The van der Waals surface area contributed by atoms with E-state index in [0.29, 0.717) is 10.8 Å². The Morgan fingerprint density at radius 1 is 1.31 bits per heavy atom. The maximum atomic E-state index is 9.27. The van der Waals surface area contributed by atoms with Gasteiger partial charge in [0.1, 0.15) is 0 Å². The zero-order chi connectivity index (χ0) is 10.4. The number of aryl methyl sites for hydroxylation is 1. The Bertz CT molecular complexity index is 272. The molecule has 0 saturated heterocycles. The van der Waals surface area contributed by atoms with Crippen molar-refractivity contribution < 1.29 is 9.84 Å². The number of hydrogen-bond donors (Lipinski definition) is 1. The van der Waals surface area contributed by atoms with Crippen molar-refractivity contribution in [1.82, 2.24) is 0 Å². The first-order chi connectivity index (χ1) is 6.15. The molecule has 1 aromatic carbocycles. The van der Waals surface area contributed by atoms with Crippen LogP contribution in [0.5, 0.6) is 11.5 Å². The molecule has 1 N–H and O–H groups in total. The van der Waals surface area contributed by atoms with Crippen LogP contribution in [0.3, 0.4) is 0 Å². The molecule has 74 valence electrons. The summed E-state index contributed by atoms with van der Waals surface area (Å²) in [5, 5.41) is 9.59. The highest BCUT2D eigenvalue weighted by atomic mass is 35.5. The Labute approximate surface area is 84.1 Å². The molecule has 1 aromatic rings. The molecule has 1 rings (SSSR count). The minimum absolute atomic E-state index is 0.000216. The van der Waals surface area contributed by atoms with Gasteiger partial charge in [-0.15, -0.1) is 0 Å². The minimum Gasteiger partial charge on any atom is -0.503 e. The minimum atomic E-state index is -0.000216. The summed E-state index contributed by atoms with van der Waals surface area (Å²) in [5.74, 6) is 0.412. The van der Waals surface area contributed by atoms with Crippen LogP contribution in [0.25, 0.3) is 0 Å². The van der Waals surface area contributed by atoms with Gasteiger partial charge < -0.3 is 9.84 Å². The summed E-state index contributed by atoms with van der Waals surface area (Å²) in [7, 11) is 1.49. The summed E-state index contributed by atoms with van der Waals surface area (Å²) in [4.78, 5) is 0. The lowest BCUT2D eigenvalue weighted by molar-refractivity contribution is 0.373. The first-order valence-corrected chi connectivity index (χ1v) is 4.56. The summed E-state index contributed by atoms with van der Waals surface area (Å²) in [6.45, 7) is 5.88. The smallest absolute Gasteiger partial charge is 0.176 e. The van der Waals surface area contributed by atoms with Gasteiger partial charge in [-0.05, 0) is 24.6 Å². The SMILES string of the molecule is CC.COc1cc(C)cc(Cl)c1O. The van der Waals surface area contributed by atoms with Gasteiger partial charge in [0.2, 0.25) is 0 Å². The van der Waals surface area contributed by atoms with E-state index >= 15 is 0 Å². The molecule has 0 aliphatic heterocycles. The van der Waals surface area contributed by atoms with E-state index in [1.807, 2.05) is 20.8 Å². The van der Waals surface area contributed by atoms with Crippen molar-refractivity contribution in [2.24, 2.45) is 0 Å². The molecule has 0 fully saturated rings. The van der Waals surface area contributed by atoms with Gasteiger partial charge in [-0.1, -0.05) is 25.4 Å². The third kappa shape index (κ3) is 3.15. The van der Waals surface area contributed by atoms with Crippen LogP contribution in [0.15, 0.2) is 12.1 Å². The summed E-state index contributed by atoms with van der Waals surface area (Å²) >= 11 is 5.67. The van der Waals surface area contributed by atoms with Gasteiger partial charge in [0.05, 0.1) is 12.1 Å². The number of hydrogen-bond acceptors (Lipinski definition) is 2. The number of methoxy groups -OCH3 is 1. The predicted molar refractivity (Wildman–Crippen MR) is 55.8 cm³/mol. The van der Waals surface area contributed by atoms with Crippen LogP contribution in [0.1, 0.15) is 19.4 Å². The molecular formula is C10H15ClO2. The molecule has 0 bridgehead atoms. The first-order valence-electron chi connectivity index (χ1n) is 4.18. The zero-order valence-corrected chi connectivity index (χ0v) is 9.14. The van der Waals surface area contributed by atoms with Gasteiger partial charge in [0.25, 0.3) is 0 Å². The van der Waals surface area contributed by atoms with Crippen molar-refractivity contribution in [1.29, 1.82) is 0 Å². The molecular weight excluding hydrogens is 188 g/mol. The highest BCUT2D eigenvalue weighted by molar-refractivity contribution is 6.32. The van der Waals surface area contributed by atoms with E-state index < -0.39 is 0 Å². The second-order valence-electron chi connectivity index (χ2n) is 2.30. The van der Waals surface area contributed by atoms with Crippen molar-refractivity contribution in [3.05, 3.63) is 22.7 Å². The molecule has 0 heterocycles. The molecule has 2 nitrogen and oxygen atoms in total. The standard InChI is InChI=1S/C8H9ClO2.C2H6/c1-5-3-6(9)8(10)7(4-5)11-2;1-2/h3-4,10H,1-2H3;1-2H3. The number of rotatable bonds is 1. The molecule has 3 heteroatoms. The number of phenols is 1.